The average molecular weight is 150 g/mol. The molecule has 0 aromatic carbocycles. The number of carbonyl (C=O) groups excluding carboxylic acids is 1. The van der Waals surface area contributed by atoms with Crippen molar-refractivity contribution in [3.05, 3.63) is 12.7 Å². The van der Waals surface area contributed by atoms with Gasteiger partial charge in [-0.1, -0.05) is 12.7 Å². The van der Waals surface area contributed by atoms with Gasteiger partial charge in [-0.15, -0.1) is 0 Å². The molecule has 0 heterocycles. The minimum Gasteiger partial charge on any atom is -0.460 e. The Morgan fingerprint density at radius 1 is 1.64 bits per heavy atom. The van der Waals surface area contributed by atoms with Crippen molar-refractivity contribution in [1.29, 1.82) is 10.5 Å². The zero-order valence-corrected chi connectivity index (χ0v) is 5.78. The number of esters is 1. The largest absolute Gasteiger partial charge is 0.460 e. The molecule has 11 heavy (non-hydrogen) atoms. The van der Waals surface area contributed by atoms with Crippen molar-refractivity contribution < 1.29 is 9.53 Å². The van der Waals surface area contributed by atoms with Crippen molar-refractivity contribution in [2.75, 3.05) is 6.61 Å². The number of nitrogens with zero attached hydrogens (tertiary/aromatic N) is 2. The summed E-state index contributed by atoms with van der Waals surface area (Å²) in [6, 6.07) is 2.98. The fourth-order valence-electron chi connectivity index (χ4n) is 0.359. The van der Waals surface area contributed by atoms with Crippen LogP contribution in [0, 0.1) is 28.6 Å². The lowest BCUT2D eigenvalue weighted by Crippen LogP contribution is -2.14. The summed E-state index contributed by atoms with van der Waals surface area (Å²) in [7, 11) is 0. The Bertz CT molecular complexity index is 220. The van der Waals surface area contributed by atoms with Gasteiger partial charge in [-0.05, 0) is 0 Å². The summed E-state index contributed by atoms with van der Waals surface area (Å²) < 4.78 is 4.43. The molecule has 0 rings (SSSR count). The van der Waals surface area contributed by atoms with E-state index in [1.165, 1.54) is 18.2 Å². The SMILES string of the molecule is C=CCOC(=O)C(C#N)C#N. The first-order chi connectivity index (χ1) is 5.26. The summed E-state index contributed by atoms with van der Waals surface area (Å²) in [6.07, 6.45) is 1.36. The zero-order chi connectivity index (χ0) is 8.69. The smallest absolute Gasteiger partial charge is 0.338 e. The molecule has 0 N–H and O–H groups in total. The molecule has 0 amide bonds. The Hall–Kier alpha value is -1.81. The van der Waals surface area contributed by atoms with Crippen LogP contribution in [0.3, 0.4) is 0 Å². The van der Waals surface area contributed by atoms with Crippen molar-refractivity contribution in [3.8, 4) is 12.1 Å². The Morgan fingerprint density at radius 3 is 2.55 bits per heavy atom. The van der Waals surface area contributed by atoms with Crippen LogP contribution in [-0.2, 0) is 9.53 Å². The van der Waals surface area contributed by atoms with E-state index in [2.05, 4.69) is 11.3 Å². The molecule has 0 spiro atoms. The third-order valence-electron chi connectivity index (χ3n) is 0.837. The standard InChI is InChI=1S/C7H6N2O2/c1-2-3-11-7(10)6(4-8)5-9/h2,6H,1,3H2. The lowest BCUT2D eigenvalue weighted by molar-refractivity contribution is -0.143. The van der Waals surface area contributed by atoms with Crippen LogP contribution in [0.2, 0.25) is 0 Å². The minimum absolute atomic E-state index is 0.0265. The average Bonchev–Trinajstić information content (AvgIpc) is 2.03. The van der Waals surface area contributed by atoms with Gasteiger partial charge in [-0.3, -0.25) is 0 Å². The molecule has 0 unspecified atom stereocenters. The molecule has 0 aromatic rings. The maximum absolute atomic E-state index is 10.6. The van der Waals surface area contributed by atoms with Gasteiger partial charge in [0.15, 0.2) is 0 Å². The van der Waals surface area contributed by atoms with Gasteiger partial charge >= 0.3 is 5.97 Å². The normalized spacial score (nSPS) is 7.91. The van der Waals surface area contributed by atoms with Crippen molar-refractivity contribution in [1.82, 2.24) is 0 Å². The first kappa shape index (κ1) is 9.19. The Balaban J connectivity index is 3.94. The molecule has 0 saturated carbocycles. The van der Waals surface area contributed by atoms with Crippen LogP contribution in [0.25, 0.3) is 0 Å². The molecule has 0 aromatic heterocycles. The molecule has 0 bridgehead atoms. The second-order valence-corrected chi connectivity index (χ2v) is 1.61. The molecular formula is C7H6N2O2. The summed E-state index contributed by atoms with van der Waals surface area (Å²) in [5.41, 5.74) is 0. The minimum atomic E-state index is -1.32. The molecule has 0 radical (unpaired) electrons. The van der Waals surface area contributed by atoms with E-state index in [0.717, 1.165) is 0 Å². The second-order valence-electron chi connectivity index (χ2n) is 1.61. The third kappa shape index (κ3) is 3.02. The molecule has 0 aliphatic heterocycles. The topological polar surface area (TPSA) is 73.9 Å². The molecule has 0 aliphatic rings. The van der Waals surface area contributed by atoms with E-state index < -0.39 is 11.9 Å². The zero-order valence-electron chi connectivity index (χ0n) is 5.78. The van der Waals surface area contributed by atoms with Crippen molar-refractivity contribution in [2.45, 2.75) is 0 Å². The fraction of sp³-hybridized carbons (Fsp3) is 0.286. The molecule has 0 atom stereocenters. The summed E-state index contributed by atoms with van der Waals surface area (Å²) >= 11 is 0. The molecule has 0 aliphatic carbocycles. The number of hydrogen-bond acceptors (Lipinski definition) is 4. The molecule has 4 nitrogen and oxygen atoms in total. The lowest BCUT2D eigenvalue weighted by Gasteiger charge is -1.98. The van der Waals surface area contributed by atoms with Crippen LogP contribution >= 0.6 is 0 Å². The fourth-order valence-corrected chi connectivity index (χ4v) is 0.359. The van der Waals surface area contributed by atoms with Crippen molar-refractivity contribution in [3.63, 3.8) is 0 Å². The van der Waals surface area contributed by atoms with Gasteiger partial charge in [0.05, 0.1) is 12.1 Å². The van der Waals surface area contributed by atoms with Crippen molar-refractivity contribution >= 4 is 5.97 Å². The summed E-state index contributed by atoms with van der Waals surface area (Å²) in [4.78, 5) is 10.6. The number of nitriles is 2. The summed E-state index contributed by atoms with van der Waals surface area (Å²) in [5.74, 6) is -2.15. The van der Waals surface area contributed by atoms with Gasteiger partial charge in [-0.2, -0.15) is 10.5 Å². The molecule has 4 heteroatoms. The quantitative estimate of drug-likeness (QED) is 0.430. The highest BCUT2D eigenvalue weighted by atomic mass is 16.5. The van der Waals surface area contributed by atoms with Crippen LogP contribution in [0.4, 0.5) is 0 Å². The maximum atomic E-state index is 10.6. The Kier molecular flexibility index (Phi) is 4.19. The monoisotopic (exact) mass is 150 g/mol. The van der Waals surface area contributed by atoms with E-state index in [9.17, 15) is 4.79 Å². The highest BCUT2D eigenvalue weighted by Crippen LogP contribution is 1.95. The van der Waals surface area contributed by atoms with Gasteiger partial charge in [0.2, 0.25) is 5.92 Å². The Labute approximate surface area is 64.3 Å². The summed E-state index contributed by atoms with van der Waals surface area (Å²) in [5, 5.41) is 16.4. The van der Waals surface area contributed by atoms with Crippen LogP contribution in [0.5, 0.6) is 0 Å². The highest BCUT2D eigenvalue weighted by Gasteiger charge is 2.17. The molecule has 0 saturated heterocycles. The first-order valence-electron chi connectivity index (χ1n) is 2.83. The number of hydrogen-bond donors (Lipinski definition) is 0. The number of carbonyl (C=O) groups is 1. The highest BCUT2D eigenvalue weighted by molar-refractivity contribution is 5.78. The second kappa shape index (κ2) is 5.01. The van der Waals surface area contributed by atoms with E-state index in [1.807, 2.05) is 0 Å². The van der Waals surface area contributed by atoms with Gasteiger partial charge < -0.3 is 4.74 Å². The third-order valence-corrected chi connectivity index (χ3v) is 0.837. The predicted molar refractivity (Wildman–Crippen MR) is 35.9 cm³/mol. The van der Waals surface area contributed by atoms with E-state index >= 15 is 0 Å². The van der Waals surface area contributed by atoms with E-state index in [4.69, 9.17) is 10.5 Å². The lowest BCUT2D eigenvalue weighted by atomic mass is 10.2. The molecule has 56 valence electrons. The number of ether oxygens (including phenoxy) is 1. The van der Waals surface area contributed by atoms with Gasteiger partial charge in [0.25, 0.3) is 0 Å². The van der Waals surface area contributed by atoms with E-state index in [-0.39, 0.29) is 6.61 Å². The van der Waals surface area contributed by atoms with Gasteiger partial charge in [0, 0.05) is 0 Å². The summed E-state index contributed by atoms with van der Waals surface area (Å²) in [6.45, 7) is 3.33. The number of rotatable bonds is 3. The van der Waals surface area contributed by atoms with Gasteiger partial charge in [0.1, 0.15) is 6.61 Å². The maximum Gasteiger partial charge on any atom is 0.338 e. The van der Waals surface area contributed by atoms with E-state index in [1.54, 1.807) is 0 Å². The van der Waals surface area contributed by atoms with Gasteiger partial charge in [-0.25, -0.2) is 4.79 Å². The van der Waals surface area contributed by atoms with Crippen LogP contribution in [0.1, 0.15) is 0 Å². The van der Waals surface area contributed by atoms with Crippen LogP contribution in [-0.4, -0.2) is 12.6 Å². The van der Waals surface area contributed by atoms with E-state index in [0.29, 0.717) is 0 Å². The molecule has 0 fully saturated rings. The van der Waals surface area contributed by atoms with Crippen LogP contribution in [0.15, 0.2) is 12.7 Å². The Morgan fingerprint density at radius 2 is 2.18 bits per heavy atom. The van der Waals surface area contributed by atoms with Crippen molar-refractivity contribution in [2.24, 2.45) is 5.92 Å². The first-order valence-corrected chi connectivity index (χ1v) is 2.83. The predicted octanol–water partition coefficient (Wildman–Crippen LogP) is 0.379. The molecular weight excluding hydrogens is 144 g/mol. The van der Waals surface area contributed by atoms with Crippen LogP contribution < -0.4 is 0 Å².